The number of aromatic nitrogens is 1. The van der Waals surface area contributed by atoms with Crippen molar-refractivity contribution in [3.8, 4) is 0 Å². The normalized spacial score (nSPS) is 13.6. The van der Waals surface area contributed by atoms with Crippen LogP contribution in [-0.2, 0) is 0 Å². The number of benzene rings is 2. The number of nitrogens with zero attached hydrogens (tertiary/aromatic N) is 2. The predicted molar refractivity (Wildman–Crippen MR) is 102 cm³/mol. The first-order valence-electron chi connectivity index (χ1n) is 8.44. The number of rotatable bonds is 4. The second-order valence-electron chi connectivity index (χ2n) is 6.14. The lowest BCUT2D eigenvalue weighted by Gasteiger charge is -2.10. The minimum Gasteiger partial charge on any atom is -0.478 e. The molecule has 1 aliphatic heterocycles. The molecule has 2 aromatic carbocycles. The molecule has 0 fully saturated rings. The molecule has 0 saturated heterocycles. The van der Waals surface area contributed by atoms with Crippen molar-refractivity contribution in [3.63, 3.8) is 0 Å². The zero-order valence-electron chi connectivity index (χ0n) is 14.3. The zero-order valence-corrected chi connectivity index (χ0v) is 14.3. The molecule has 1 aliphatic rings. The number of aromatic carboxylic acids is 1. The maximum Gasteiger partial charge on any atom is 0.338 e. The van der Waals surface area contributed by atoms with Crippen LogP contribution in [0.4, 0.5) is 4.39 Å². The third kappa shape index (κ3) is 3.15. The quantitative estimate of drug-likeness (QED) is 0.736. The third-order valence-electron chi connectivity index (χ3n) is 4.49. The van der Waals surface area contributed by atoms with Crippen LogP contribution >= 0.6 is 0 Å². The van der Waals surface area contributed by atoms with Gasteiger partial charge in [0.25, 0.3) is 0 Å². The molecule has 0 unspecified atom stereocenters. The monoisotopic (exact) mass is 358 g/mol. The van der Waals surface area contributed by atoms with Gasteiger partial charge in [-0.2, -0.15) is 0 Å². The van der Waals surface area contributed by atoms with Gasteiger partial charge in [0.05, 0.1) is 17.0 Å². The summed E-state index contributed by atoms with van der Waals surface area (Å²) in [4.78, 5) is 20.1. The van der Waals surface area contributed by atoms with E-state index in [0.717, 1.165) is 16.8 Å². The summed E-state index contributed by atoms with van der Waals surface area (Å²) in [5.74, 6) is -2.03. The summed E-state index contributed by atoms with van der Waals surface area (Å²) in [5, 5.41) is 9.25. The Hall–Kier alpha value is -3.60. The standard InChI is InChI=1S/C22H15FN2O2/c23-20-16(7-4-8-17(20)22(26)27)18-13-19(14-5-2-1-3-6-14)25-21(18)15-9-11-24-12-10-15/h1-12H,13H2,(H,26,27). The van der Waals surface area contributed by atoms with Gasteiger partial charge in [0, 0.05) is 29.9 Å². The van der Waals surface area contributed by atoms with E-state index in [1.54, 1.807) is 24.5 Å². The molecule has 4 rings (SSSR count). The molecule has 1 aromatic heterocycles. The Balaban J connectivity index is 1.88. The fraction of sp³-hybridized carbons (Fsp3) is 0.0455. The van der Waals surface area contributed by atoms with Crippen molar-refractivity contribution in [3.05, 3.63) is 101 Å². The van der Waals surface area contributed by atoms with E-state index in [9.17, 15) is 14.3 Å². The van der Waals surface area contributed by atoms with Crippen molar-refractivity contribution >= 4 is 23.0 Å². The number of carbonyl (C=O) groups is 1. The van der Waals surface area contributed by atoms with Crippen LogP contribution in [0.25, 0.3) is 11.3 Å². The Morgan fingerprint density at radius 3 is 2.37 bits per heavy atom. The summed E-state index contributed by atoms with van der Waals surface area (Å²) in [5.41, 5.74) is 3.80. The largest absolute Gasteiger partial charge is 0.478 e. The highest BCUT2D eigenvalue weighted by Crippen LogP contribution is 2.38. The second kappa shape index (κ2) is 6.96. The predicted octanol–water partition coefficient (Wildman–Crippen LogP) is 4.68. The van der Waals surface area contributed by atoms with Crippen LogP contribution in [0.5, 0.6) is 0 Å². The smallest absolute Gasteiger partial charge is 0.338 e. The van der Waals surface area contributed by atoms with Gasteiger partial charge < -0.3 is 5.11 Å². The van der Waals surface area contributed by atoms with Crippen molar-refractivity contribution in [2.75, 3.05) is 0 Å². The lowest BCUT2D eigenvalue weighted by atomic mass is 9.94. The average molecular weight is 358 g/mol. The van der Waals surface area contributed by atoms with E-state index in [-0.39, 0.29) is 11.1 Å². The van der Waals surface area contributed by atoms with Gasteiger partial charge in [-0.05, 0) is 29.3 Å². The molecule has 0 amide bonds. The first kappa shape index (κ1) is 16.8. The van der Waals surface area contributed by atoms with Gasteiger partial charge in [-0.1, -0.05) is 42.5 Å². The summed E-state index contributed by atoms with van der Waals surface area (Å²) in [6.07, 6.45) is 3.72. The maximum absolute atomic E-state index is 14.9. The van der Waals surface area contributed by atoms with Crippen LogP contribution in [0.15, 0.2) is 78.0 Å². The molecular formula is C22H15FN2O2. The van der Waals surface area contributed by atoms with Gasteiger partial charge in [-0.3, -0.25) is 9.98 Å². The molecule has 0 radical (unpaired) electrons. The Morgan fingerprint density at radius 1 is 0.926 bits per heavy atom. The fourth-order valence-electron chi connectivity index (χ4n) is 3.19. The molecule has 0 spiro atoms. The Bertz CT molecular complexity index is 1070. The number of halogens is 1. The topological polar surface area (TPSA) is 62.5 Å². The van der Waals surface area contributed by atoms with E-state index >= 15 is 0 Å². The Morgan fingerprint density at radius 2 is 1.67 bits per heavy atom. The Kier molecular flexibility index (Phi) is 4.34. The van der Waals surface area contributed by atoms with E-state index in [1.807, 2.05) is 42.5 Å². The molecular weight excluding hydrogens is 343 g/mol. The molecule has 4 nitrogen and oxygen atoms in total. The van der Waals surface area contributed by atoms with Crippen molar-refractivity contribution in [1.82, 2.24) is 4.98 Å². The molecule has 0 aliphatic carbocycles. The first-order chi connectivity index (χ1) is 13.1. The maximum atomic E-state index is 14.9. The number of hydrogen-bond acceptors (Lipinski definition) is 3. The molecule has 2 heterocycles. The molecule has 3 aromatic rings. The molecule has 0 saturated carbocycles. The van der Waals surface area contributed by atoms with Crippen molar-refractivity contribution < 1.29 is 14.3 Å². The molecule has 0 atom stereocenters. The molecule has 27 heavy (non-hydrogen) atoms. The van der Waals surface area contributed by atoms with Gasteiger partial charge in [0.1, 0.15) is 5.82 Å². The molecule has 1 N–H and O–H groups in total. The highest BCUT2D eigenvalue weighted by Gasteiger charge is 2.25. The van der Waals surface area contributed by atoms with Crippen LogP contribution in [0, 0.1) is 5.82 Å². The number of aliphatic imine (C=N–C) groups is 1. The van der Waals surface area contributed by atoms with E-state index in [1.165, 1.54) is 6.07 Å². The number of carboxylic acids is 1. The van der Waals surface area contributed by atoms with E-state index in [2.05, 4.69) is 4.98 Å². The van der Waals surface area contributed by atoms with Gasteiger partial charge in [0.2, 0.25) is 0 Å². The van der Waals surface area contributed by atoms with E-state index < -0.39 is 11.8 Å². The fourth-order valence-corrected chi connectivity index (χ4v) is 3.19. The Labute approximate surface area is 155 Å². The summed E-state index contributed by atoms with van der Waals surface area (Å²) in [7, 11) is 0. The highest BCUT2D eigenvalue weighted by molar-refractivity contribution is 6.17. The van der Waals surface area contributed by atoms with E-state index in [0.29, 0.717) is 17.7 Å². The third-order valence-corrected chi connectivity index (χ3v) is 4.49. The van der Waals surface area contributed by atoms with Crippen molar-refractivity contribution in [2.24, 2.45) is 4.99 Å². The number of pyridine rings is 1. The lowest BCUT2D eigenvalue weighted by molar-refractivity contribution is 0.0692. The minimum atomic E-state index is -1.29. The van der Waals surface area contributed by atoms with Crippen LogP contribution in [0.1, 0.15) is 33.5 Å². The first-order valence-corrected chi connectivity index (χ1v) is 8.44. The van der Waals surface area contributed by atoms with Gasteiger partial charge in [0.15, 0.2) is 0 Å². The summed E-state index contributed by atoms with van der Waals surface area (Å²) in [6, 6.07) is 17.7. The summed E-state index contributed by atoms with van der Waals surface area (Å²) < 4.78 is 14.9. The van der Waals surface area contributed by atoms with Gasteiger partial charge in [-0.15, -0.1) is 0 Å². The lowest BCUT2D eigenvalue weighted by Crippen LogP contribution is -2.04. The van der Waals surface area contributed by atoms with Crippen LogP contribution in [0.2, 0.25) is 0 Å². The van der Waals surface area contributed by atoms with Crippen LogP contribution < -0.4 is 0 Å². The van der Waals surface area contributed by atoms with Crippen LogP contribution in [-0.4, -0.2) is 21.8 Å². The number of allylic oxidation sites excluding steroid dienone is 1. The molecule has 0 bridgehead atoms. The van der Waals surface area contributed by atoms with Crippen LogP contribution in [0.3, 0.4) is 0 Å². The van der Waals surface area contributed by atoms with Crippen molar-refractivity contribution in [1.29, 1.82) is 0 Å². The zero-order chi connectivity index (χ0) is 18.8. The van der Waals surface area contributed by atoms with Gasteiger partial charge in [-0.25, -0.2) is 9.18 Å². The highest BCUT2D eigenvalue weighted by atomic mass is 19.1. The number of carboxylic acid groups (broad SMARTS) is 1. The number of hydrogen-bond donors (Lipinski definition) is 1. The minimum absolute atomic E-state index is 0.261. The average Bonchev–Trinajstić information content (AvgIpc) is 3.14. The molecule has 5 heteroatoms. The van der Waals surface area contributed by atoms with E-state index in [4.69, 9.17) is 4.99 Å². The summed E-state index contributed by atoms with van der Waals surface area (Å²) in [6.45, 7) is 0. The summed E-state index contributed by atoms with van der Waals surface area (Å²) >= 11 is 0. The van der Waals surface area contributed by atoms with Gasteiger partial charge >= 0.3 is 5.97 Å². The van der Waals surface area contributed by atoms with Crippen molar-refractivity contribution in [2.45, 2.75) is 6.42 Å². The second-order valence-corrected chi connectivity index (χ2v) is 6.14. The SMILES string of the molecule is O=C(O)c1cccc(C2=C(c3ccncc3)N=C(c3ccccc3)C2)c1F. The molecule has 132 valence electrons.